The quantitative estimate of drug-likeness (QED) is 0.890. The van der Waals surface area contributed by atoms with Gasteiger partial charge in [-0.15, -0.1) is 0 Å². The third-order valence-corrected chi connectivity index (χ3v) is 3.86. The van der Waals surface area contributed by atoms with E-state index < -0.39 is 0 Å². The Balaban J connectivity index is 1.69. The summed E-state index contributed by atoms with van der Waals surface area (Å²) in [7, 11) is 0. The maximum Gasteiger partial charge on any atom is 0.0954 e. The molecule has 1 saturated carbocycles. The van der Waals surface area contributed by atoms with E-state index in [9.17, 15) is 0 Å². The van der Waals surface area contributed by atoms with Crippen molar-refractivity contribution in [2.24, 2.45) is 0 Å². The van der Waals surface area contributed by atoms with Gasteiger partial charge in [0.1, 0.15) is 0 Å². The van der Waals surface area contributed by atoms with Crippen LogP contribution in [0.25, 0.3) is 0 Å². The van der Waals surface area contributed by atoms with Crippen LogP contribution in [0.2, 0.25) is 0 Å². The van der Waals surface area contributed by atoms with Gasteiger partial charge in [0.15, 0.2) is 0 Å². The van der Waals surface area contributed by atoms with E-state index in [1.54, 1.807) is 0 Å². The van der Waals surface area contributed by atoms with E-state index in [0.29, 0.717) is 0 Å². The second kappa shape index (κ2) is 5.17. The number of hydrogen-bond donors (Lipinski definition) is 1. The molecule has 19 heavy (non-hydrogen) atoms. The SMILES string of the molecule is Cc1ncn(Cc2cccc(CNC3CC3)c2)c1C. The summed E-state index contributed by atoms with van der Waals surface area (Å²) < 4.78 is 2.21. The second-order valence-electron chi connectivity index (χ2n) is 5.52. The number of rotatable bonds is 5. The van der Waals surface area contributed by atoms with Crippen molar-refractivity contribution in [3.8, 4) is 0 Å². The smallest absolute Gasteiger partial charge is 0.0954 e. The fourth-order valence-corrected chi connectivity index (χ4v) is 2.29. The molecule has 1 fully saturated rings. The number of hydrogen-bond acceptors (Lipinski definition) is 2. The molecule has 1 N–H and O–H groups in total. The highest BCUT2D eigenvalue weighted by Gasteiger charge is 2.19. The molecule has 3 rings (SSSR count). The third kappa shape index (κ3) is 3.04. The molecule has 1 heterocycles. The Kier molecular flexibility index (Phi) is 3.38. The van der Waals surface area contributed by atoms with Crippen LogP contribution in [-0.2, 0) is 13.1 Å². The van der Waals surface area contributed by atoms with Gasteiger partial charge in [-0.1, -0.05) is 24.3 Å². The number of nitrogens with one attached hydrogen (secondary N) is 1. The maximum atomic E-state index is 4.35. The fourth-order valence-electron chi connectivity index (χ4n) is 2.29. The Morgan fingerprint density at radius 2 is 2.05 bits per heavy atom. The van der Waals surface area contributed by atoms with Crippen LogP contribution in [0.5, 0.6) is 0 Å². The van der Waals surface area contributed by atoms with Gasteiger partial charge in [-0.3, -0.25) is 0 Å². The van der Waals surface area contributed by atoms with Gasteiger partial charge < -0.3 is 9.88 Å². The van der Waals surface area contributed by atoms with E-state index in [2.05, 4.69) is 53.0 Å². The minimum absolute atomic E-state index is 0.766. The molecule has 2 aromatic rings. The highest BCUT2D eigenvalue weighted by atomic mass is 15.0. The van der Waals surface area contributed by atoms with Crippen molar-refractivity contribution in [3.63, 3.8) is 0 Å². The highest BCUT2D eigenvalue weighted by molar-refractivity contribution is 5.24. The molecular weight excluding hydrogens is 234 g/mol. The summed E-state index contributed by atoms with van der Waals surface area (Å²) in [6, 6.07) is 9.60. The summed E-state index contributed by atoms with van der Waals surface area (Å²) in [5.74, 6) is 0. The first-order valence-corrected chi connectivity index (χ1v) is 7.02. The Morgan fingerprint density at radius 1 is 1.26 bits per heavy atom. The van der Waals surface area contributed by atoms with Crippen molar-refractivity contribution in [1.29, 1.82) is 0 Å². The summed E-state index contributed by atoms with van der Waals surface area (Å²) in [5, 5.41) is 3.56. The third-order valence-electron chi connectivity index (χ3n) is 3.86. The Morgan fingerprint density at radius 3 is 2.74 bits per heavy atom. The zero-order chi connectivity index (χ0) is 13.2. The molecule has 0 radical (unpaired) electrons. The molecule has 0 bridgehead atoms. The molecule has 1 aromatic carbocycles. The number of aryl methyl sites for hydroxylation is 1. The van der Waals surface area contributed by atoms with Gasteiger partial charge in [0.25, 0.3) is 0 Å². The van der Waals surface area contributed by atoms with Crippen molar-refractivity contribution in [2.45, 2.75) is 45.8 Å². The molecule has 0 spiro atoms. The van der Waals surface area contributed by atoms with E-state index in [1.807, 2.05) is 6.33 Å². The number of aromatic nitrogens is 2. The largest absolute Gasteiger partial charge is 0.330 e. The van der Waals surface area contributed by atoms with Gasteiger partial charge in [-0.25, -0.2) is 4.98 Å². The molecule has 0 atom stereocenters. The maximum absolute atomic E-state index is 4.35. The molecule has 0 aliphatic heterocycles. The zero-order valence-corrected chi connectivity index (χ0v) is 11.7. The number of nitrogens with zero attached hydrogens (tertiary/aromatic N) is 2. The topological polar surface area (TPSA) is 29.9 Å². The van der Waals surface area contributed by atoms with Crippen LogP contribution in [0.1, 0.15) is 35.4 Å². The van der Waals surface area contributed by atoms with E-state index in [1.165, 1.54) is 29.7 Å². The van der Waals surface area contributed by atoms with Crippen LogP contribution >= 0.6 is 0 Å². The number of imidazole rings is 1. The molecule has 1 aromatic heterocycles. The van der Waals surface area contributed by atoms with Gasteiger partial charge in [0.2, 0.25) is 0 Å². The molecular formula is C16H21N3. The minimum atomic E-state index is 0.766. The van der Waals surface area contributed by atoms with Gasteiger partial charge in [0.05, 0.1) is 12.0 Å². The molecule has 1 aliphatic rings. The molecule has 100 valence electrons. The van der Waals surface area contributed by atoms with Gasteiger partial charge in [-0.2, -0.15) is 0 Å². The van der Waals surface area contributed by atoms with Crippen molar-refractivity contribution < 1.29 is 0 Å². The van der Waals surface area contributed by atoms with Gasteiger partial charge in [0, 0.05) is 24.8 Å². The molecule has 3 heteroatoms. The van der Waals surface area contributed by atoms with Crippen LogP contribution in [0.15, 0.2) is 30.6 Å². The summed E-state index contributed by atoms with van der Waals surface area (Å²) in [6.45, 7) is 6.08. The van der Waals surface area contributed by atoms with E-state index in [4.69, 9.17) is 0 Å². The van der Waals surface area contributed by atoms with E-state index in [-0.39, 0.29) is 0 Å². The standard InChI is InChI=1S/C16H21N3/c1-12-13(2)19(11-18-12)10-15-5-3-4-14(8-15)9-17-16-6-7-16/h3-5,8,11,16-17H,6-7,9-10H2,1-2H3. The fraction of sp³-hybridized carbons (Fsp3) is 0.438. The van der Waals surface area contributed by atoms with Crippen LogP contribution in [0.3, 0.4) is 0 Å². The monoisotopic (exact) mass is 255 g/mol. The first-order chi connectivity index (χ1) is 9.22. The molecule has 0 unspecified atom stereocenters. The highest BCUT2D eigenvalue weighted by Crippen LogP contribution is 2.19. The normalized spacial score (nSPS) is 14.8. The van der Waals surface area contributed by atoms with Crippen LogP contribution < -0.4 is 5.32 Å². The lowest BCUT2D eigenvalue weighted by Gasteiger charge is -2.08. The van der Waals surface area contributed by atoms with Crippen molar-refractivity contribution in [3.05, 3.63) is 53.1 Å². The average Bonchev–Trinajstić information content (AvgIpc) is 3.20. The Labute approximate surface area is 114 Å². The molecule has 3 nitrogen and oxygen atoms in total. The lowest BCUT2D eigenvalue weighted by Crippen LogP contribution is -2.15. The zero-order valence-electron chi connectivity index (χ0n) is 11.7. The summed E-state index contributed by atoms with van der Waals surface area (Å²) in [5.41, 5.74) is 5.09. The summed E-state index contributed by atoms with van der Waals surface area (Å²) in [4.78, 5) is 4.35. The lowest BCUT2D eigenvalue weighted by molar-refractivity contribution is 0.685. The van der Waals surface area contributed by atoms with Gasteiger partial charge >= 0.3 is 0 Å². The van der Waals surface area contributed by atoms with Crippen molar-refractivity contribution in [1.82, 2.24) is 14.9 Å². The molecule has 0 saturated heterocycles. The van der Waals surface area contributed by atoms with E-state index >= 15 is 0 Å². The van der Waals surface area contributed by atoms with Crippen LogP contribution in [-0.4, -0.2) is 15.6 Å². The van der Waals surface area contributed by atoms with Crippen molar-refractivity contribution >= 4 is 0 Å². The molecule has 0 amide bonds. The van der Waals surface area contributed by atoms with Crippen molar-refractivity contribution in [2.75, 3.05) is 0 Å². The predicted octanol–water partition coefficient (Wildman–Crippen LogP) is 2.80. The van der Waals surface area contributed by atoms with Crippen LogP contribution in [0, 0.1) is 13.8 Å². The average molecular weight is 255 g/mol. The van der Waals surface area contributed by atoms with E-state index in [0.717, 1.165) is 24.8 Å². The Hall–Kier alpha value is -1.61. The van der Waals surface area contributed by atoms with Crippen LogP contribution in [0.4, 0.5) is 0 Å². The second-order valence-corrected chi connectivity index (χ2v) is 5.52. The van der Waals surface area contributed by atoms with Gasteiger partial charge in [-0.05, 0) is 37.8 Å². The first-order valence-electron chi connectivity index (χ1n) is 7.02. The first kappa shape index (κ1) is 12.4. The summed E-state index contributed by atoms with van der Waals surface area (Å²) >= 11 is 0. The lowest BCUT2D eigenvalue weighted by atomic mass is 10.1. The molecule has 1 aliphatic carbocycles. The summed E-state index contributed by atoms with van der Waals surface area (Å²) in [6.07, 6.45) is 4.61. The Bertz CT molecular complexity index is 567. The number of benzene rings is 1. The minimum Gasteiger partial charge on any atom is -0.330 e. The predicted molar refractivity (Wildman–Crippen MR) is 77.1 cm³/mol.